The number of amides is 1. The van der Waals surface area contributed by atoms with Gasteiger partial charge in [0.2, 0.25) is 0 Å². The molecule has 0 bridgehead atoms. The van der Waals surface area contributed by atoms with E-state index in [0.29, 0.717) is 12.5 Å². The molecule has 2 aromatic heterocycles. The van der Waals surface area contributed by atoms with E-state index in [4.69, 9.17) is 4.74 Å². The number of nitrogens with zero attached hydrogens (tertiary/aromatic N) is 2. The van der Waals surface area contributed by atoms with E-state index in [-0.39, 0.29) is 5.91 Å². The first kappa shape index (κ1) is 17.5. The van der Waals surface area contributed by atoms with Gasteiger partial charge in [0.15, 0.2) is 0 Å². The summed E-state index contributed by atoms with van der Waals surface area (Å²) < 4.78 is 9.90. The third kappa shape index (κ3) is 3.94. The number of fused-ring (bicyclic) bond motifs is 1. The highest BCUT2D eigenvalue weighted by molar-refractivity contribution is 9.11. The maximum Gasteiger partial charge on any atom is 0.268 e. The Hall–Kier alpha value is -0.890. The van der Waals surface area contributed by atoms with E-state index < -0.39 is 0 Å². The number of carbonyl (C=O) groups excluding carboxylic acids is 1. The summed E-state index contributed by atoms with van der Waals surface area (Å²) in [6, 6.07) is 4.19. The van der Waals surface area contributed by atoms with E-state index in [2.05, 4.69) is 36.8 Å². The molecule has 1 aliphatic heterocycles. The van der Waals surface area contributed by atoms with Crippen molar-refractivity contribution < 1.29 is 9.53 Å². The van der Waals surface area contributed by atoms with Crippen molar-refractivity contribution >= 4 is 43.4 Å². The molecule has 1 aliphatic carbocycles. The molecule has 1 N–H and O–H groups in total. The number of halogens is 1. The average molecular weight is 426 g/mol. The minimum Gasteiger partial charge on any atom is -0.379 e. The largest absolute Gasteiger partial charge is 0.379 e. The van der Waals surface area contributed by atoms with Gasteiger partial charge in [0, 0.05) is 32.7 Å². The molecule has 2 fully saturated rings. The number of carbonyl (C=O) groups is 1. The quantitative estimate of drug-likeness (QED) is 0.771. The highest BCUT2D eigenvalue weighted by Gasteiger charge is 2.23. The molecule has 1 saturated carbocycles. The van der Waals surface area contributed by atoms with Gasteiger partial charge in [-0.15, -0.1) is 11.3 Å². The lowest BCUT2D eigenvalue weighted by Crippen LogP contribution is -2.41. The molecule has 0 unspecified atom stereocenters. The van der Waals surface area contributed by atoms with Crippen molar-refractivity contribution in [1.29, 1.82) is 0 Å². The maximum absolute atomic E-state index is 12.8. The summed E-state index contributed by atoms with van der Waals surface area (Å²) in [5.41, 5.74) is 1.99. The van der Waals surface area contributed by atoms with Gasteiger partial charge in [-0.25, -0.2) is 0 Å². The van der Waals surface area contributed by atoms with Gasteiger partial charge in [-0.3, -0.25) is 9.69 Å². The van der Waals surface area contributed by atoms with Crippen LogP contribution in [0.15, 0.2) is 15.9 Å². The summed E-state index contributed by atoms with van der Waals surface area (Å²) in [4.78, 5) is 15.1. The lowest BCUT2D eigenvalue weighted by atomic mass is 9.85. The zero-order valence-electron chi connectivity index (χ0n) is 14.3. The van der Waals surface area contributed by atoms with Crippen LogP contribution in [-0.2, 0) is 11.3 Å². The number of ether oxygens (including phenoxy) is 1. The van der Waals surface area contributed by atoms with Crippen molar-refractivity contribution in [2.24, 2.45) is 5.92 Å². The zero-order valence-corrected chi connectivity index (χ0v) is 16.7. The smallest absolute Gasteiger partial charge is 0.268 e. The monoisotopic (exact) mass is 425 g/mol. The Labute approximate surface area is 160 Å². The molecule has 136 valence electrons. The van der Waals surface area contributed by atoms with Gasteiger partial charge in [0.05, 0.1) is 27.2 Å². The van der Waals surface area contributed by atoms with Crippen LogP contribution in [0.25, 0.3) is 10.2 Å². The molecule has 5 nitrogen and oxygen atoms in total. The molecule has 0 spiro atoms. The predicted octanol–water partition coefficient (Wildman–Crippen LogP) is 3.33. The van der Waals surface area contributed by atoms with E-state index in [1.165, 1.54) is 29.5 Å². The first-order valence-electron chi connectivity index (χ1n) is 9.07. The van der Waals surface area contributed by atoms with E-state index in [9.17, 15) is 4.79 Å². The van der Waals surface area contributed by atoms with Crippen LogP contribution in [0.2, 0.25) is 0 Å². The van der Waals surface area contributed by atoms with Gasteiger partial charge in [-0.2, -0.15) is 0 Å². The molecule has 1 amide bonds. The maximum atomic E-state index is 12.8. The van der Waals surface area contributed by atoms with Gasteiger partial charge in [0.1, 0.15) is 5.69 Å². The molecule has 1 saturated heterocycles. The van der Waals surface area contributed by atoms with Gasteiger partial charge < -0.3 is 14.6 Å². The third-order valence-corrected chi connectivity index (χ3v) is 6.85. The number of nitrogens with one attached hydrogen (secondary N) is 1. The van der Waals surface area contributed by atoms with E-state index >= 15 is 0 Å². The Balaban J connectivity index is 1.44. The lowest BCUT2D eigenvalue weighted by Gasteiger charge is -2.27. The van der Waals surface area contributed by atoms with Crippen molar-refractivity contribution in [2.45, 2.75) is 25.8 Å². The highest BCUT2D eigenvalue weighted by Crippen LogP contribution is 2.35. The number of hydrogen-bond acceptors (Lipinski definition) is 4. The van der Waals surface area contributed by atoms with Crippen molar-refractivity contribution in [2.75, 3.05) is 39.4 Å². The molecule has 7 heteroatoms. The van der Waals surface area contributed by atoms with Crippen LogP contribution in [0.3, 0.4) is 0 Å². The van der Waals surface area contributed by atoms with Gasteiger partial charge in [-0.1, -0.05) is 6.42 Å². The van der Waals surface area contributed by atoms with E-state index in [0.717, 1.165) is 48.9 Å². The fourth-order valence-corrected chi connectivity index (χ4v) is 5.14. The van der Waals surface area contributed by atoms with Crippen LogP contribution in [0.4, 0.5) is 0 Å². The Kier molecular flexibility index (Phi) is 5.45. The average Bonchev–Trinajstić information content (AvgIpc) is 3.08. The molecule has 0 atom stereocenters. The number of thiophene rings is 1. The minimum absolute atomic E-state index is 0.0482. The van der Waals surface area contributed by atoms with Crippen molar-refractivity contribution in [3.05, 3.63) is 21.6 Å². The second-order valence-electron chi connectivity index (χ2n) is 6.95. The van der Waals surface area contributed by atoms with Crippen LogP contribution in [0.5, 0.6) is 0 Å². The van der Waals surface area contributed by atoms with Crippen LogP contribution in [0.1, 0.15) is 29.8 Å². The summed E-state index contributed by atoms with van der Waals surface area (Å²) in [6.45, 7) is 6.03. The molecule has 2 aliphatic rings. The summed E-state index contributed by atoms with van der Waals surface area (Å²) >= 11 is 5.27. The van der Waals surface area contributed by atoms with Gasteiger partial charge in [-0.05, 0) is 46.8 Å². The van der Waals surface area contributed by atoms with Crippen LogP contribution in [0, 0.1) is 5.92 Å². The van der Waals surface area contributed by atoms with Crippen molar-refractivity contribution in [1.82, 2.24) is 14.8 Å². The summed E-state index contributed by atoms with van der Waals surface area (Å²) in [7, 11) is 0. The Morgan fingerprint density at radius 1 is 1.32 bits per heavy atom. The number of rotatable bonds is 6. The normalized spacial score (nSPS) is 19.2. The van der Waals surface area contributed by atoms with Crippen molar-refractivity contribution in [3.8, 4) is 0 Å². The Morgan fingerprint density at radius 3 is 2.84 bits per heavy atom. The second-order valence-corrected chi connectivity index (χ2v) is 9.41. The van der Waals surface area contributed by atoms with Crippen LogP contribution >= 0.6 is 27.3 Å². The summed E-state index contributed by atoms with van der Waals surface area (Å²) in [5, 5.41) is 3.11. The van der Waals surface area contributed by atoms with Crippen molar-refractivity contribution in [3.63, 3.8) is 0 Å². The molecule has 2 aromatic rings. The predicted molar refractivity (Wildman–Crippen MR) is 104 cm³/mol. The molecule has 0 radical (unpaired) electrons. The highest BCUT2D eigenvalue weighted by atomic mass is 79.9. The number of aromatic nitrogens is 1. The molecular formula is C18H24BrN3O2S. The summed E-state index contributed by atoms with van der Waals surface area (Å²) in [6.07, 6.45) is 3.88. The van der Waals surface area contributed by atoms with Gasteiger partial charge in [0.25, 0.3) is 5.91 Å². The molecule has 4 rings (SSSR count). The Bertz CT molecular complexity index is 747. The minimum atomic E-state index is 0.0482. The molecule has 25 heavy (non-hydrogen) atoms. The molecular weight excluding hydrogens is 402 g/mol. The second kappa shape index (κ2) is 7.78. The first-order chi connectivity index (χ1) is 12.2. The SMILES string of the molecule is O=C(NCCN1CCOCC1)c1cc2sc(Br)cc2n1CC1CCC1. The molecule has 3 heterocycles. The van der Waals surface area contributed by atoms with Gasteiger partial charge >= 0.3 is 0 Å². The summed E-state index contributed by atoms with van der Waals surface area (Å²) in [5.74, 6) is 0.765. The third-order valence-electron chi connectivity index (χ3n) is 5.27. The van der Waals surface area contributed by atoms with E-state index in [1.54, 1.807) is 11.3 Å². The number of hydrogen-bond donors (Lipinski definition) is 1. The topological polar surface area (TPSA) is 46.5 Å². The lowest BCUT2D eigenvalue weighted by molar-refractivity contribution is 0.0383. The van der Waals surface area contributed by atoms with Crippen LogP contribution < -0.4 is 5.32 Å². The Morgan fingerprint density at radius 2 is 2.12 bits per heavy atom. The van der Waals surface area contributed by atoms with Crippen LogP contribution in [-0.4, -0.2) is 54.8 Å². The fourth-order valence-electron chi connectivity index (χ4n) is 3.57. The number of morpholine rings is 1. The zero-order chi connectivity index (χ0) is 17.2. The molecule has 0 aromatic carbocycles. The fraction of sp³-hybridized carbons (Fsp3) is 0.611. The standard InChI is InChI=1S/C18H24BrN3O2S/c19-17-11-14-16(25-17)10-15(22(14)12-13-2-1-3-13)18(23)20-4-5-21-6-8-24-9-7-21/h10-11,13H,1-9,12H2,(H,20,23). The first-order valence-corrected chi connectivity index (χ1v) is 10.7. The van der Waals surface area contributed by atoms with E-state index in [1.807, 2.05) is 6.07 Å².